The summed E-state index contributed by atoms with van der Waals surface area (Å²) in [5, 5.41) is 5.09. The summed E-state index contributed by atoms with van der Waals surface area (Å²) in [7, 11) is 1.48. The van der Waals surface area contributed by atoms with E-state index in [1.807, 2.05) is 0 Å². The van der Waals surface area contributed by atoms with E-state index in [1.165, 1.54) is 19.2 Å². The van der Waals surface area contributed by atoms with Crippen LogP contribution in [0.4, 0.5) is 10.1 Å². The van der Waals surface area contributed by atoms with Crippen LogP contribution in [0.2, 0.25) is 0 Å². The lowest BCUT2D eigenvalue weighted by Gasteiger charge is -2.09. The monoisotopic (exact) mass is 316 g/mol. The van der Waals surface area contributed by atoms with Crippen LogP contribution in [0.5, 0.6) is 5.75 Å². The minimum absolute atomic E-state index is 0.0369. The lowest BCUT2D eigenvalue weighted by Crippen LogP contribution is -2.28. The van der Waals surface area contributed by atoms with Gasteiger partial charge in [0, 0.05) is 13.0 Å². The summed E-state index contributed by atoms with van der Waals surface area (Å²) in [6, 6.07) is 12.7. The largest absolute Gasteiger partial charge is 0.496 e. The molecule has 0 saturated heterocycles. The Morgan fingerprint density at radius 1 is 1.09 bits per heavy atom. The van der Waals surface area contributed by atoms with Gasteiger partial charge in [0.2, 0.25) is 5.91 Å². The Labute approximate surface area is 133 Å². The number of rotatable bonds is 6. The van der Waals surface area contributed by atoms with E-state index < -0.39 is 5.82 Å². The molecule has 2 aromatic carbocycles. The Kier molecular flexibility index (Phi) is 5.68. The lowest BCUT2D eigenvalue weighted by atomic mass is 10.2. The second kappa shape index (κ2) is 7.93. The molecule has 0 unspecified atom stereocenters. The third-order valence-electron chi connectivity index (χ3n) is 3.14. The van der Waals surface area contributed by atoms with Crippen LogP contribution >= 0.6 is 0 Å². The minimum Gasteiger partial charge on any atom is -0.496 e. The fourth-order valence-electron chi connectivity index (χ4n) is 1.99. The average molecular weight is 316 g/mol. The number of para-hydroxylation sites is 2. The third kappa shape index (κ3) is 4.54. The van der Waals surface area contributed by atoms with Crippen molar-refractivity contribution in [2.75, 3.05) is 19.0 Å². The molecule has 0 aliphatic rings. The molecule has 0 aliphatic carbocycles. The molecule has 6 heteroatoms. The lowest BCUT2D eigenvalue weighted by molar-refractivity contribution is -0.116. The summed E-state index contributed by atoms with van der Waals surface area (Å²) in [6.45, 7) is 0.136. The first-order chi connectivity index (χ1) is 11.1. The molecule has 0 saturated carbocycles. The van der Waals surface area contributed by atoms with E-state index >= 15 is 0 Å². The molecular formula is C17H17FN2O3. The highest BCUT2D eigenvalue weighted by Crippen LogP contribution is 2.16. The number of halogens is 1. The van der Waals surface area contributed by atoms with E-state index in [-0.39, 0.29) is 30.5 Å². The molecule has 0 atom stereocenters. The van der Waals surface area contributed by atoms with Crippen LogP contribution in [0.25, 0.3) is 0 Å². The van der Waals surface area contributed by atoms with E-state index in [9.17, 15) is 14.0 Å². The van der Waals surface area contributed by atoms with Crippen molar-refractivity contribution in [3.05, 3.63) is 59.9 Å². The van der Waals surface area contributed by atoms with Crippen molar-refractivity contribution in [3.63, 3.8) is 0 Å². The average Bonchev–Trinajstić information content (AvgIpc) is 2.56. The van der Waals surface area contributed by atoms with Gasteiger partial charge in [0.1, 0.15) is 11.6 Å². The quantitative estimate of drug-likeness (QED) is 0.861. The fraction of sp³-hybridized carbons (Fsp3) is 0.176. The summed E-state index contributed by atoms with van der Waals surface area (Å²) >= 11 is 0. The Morgan fingerprint density at radius 2 is 1.78 bits per heavy atom. The summed E-state index contributed by atoms with van der Waals surface area (Å²) < 4.78 is 18.5. The van der Waals surface area contributed by atoms with Crippen LogP contribution in [0, 0.1) is 5.82 Å². The van der Waals surface area contributed by atoms with Gasteiger partial charge in [-0.15, -0.1) is 0 Å². The van der Waals surface area contributed by atoms with Gasteiger partial charge in [-0.2, -0.15) is 0 Å². The van der Waals surface area contributed by atoms with Crippen molar-refractivity contribution in [1.82, 2.24) is 5.32 Å². The number of ether oxygens (including phenoxy) is 1. The van der Waals surface area contributed by atoms with Crippen LogP contribution in [0.3, 0.4) is 0 Å². The highest BCUT2D eigenvalue weighted by Gasteiger charge is 2.12. The number of carbonyl (C=O) groups excluding carboxylic acids is 2. The number of carbonyl (C=O) groups is 2. The summed E-state index contributed by atoms with van der Waals surface area (Å²) in [4.78, 5) is 23.8. The molecule has 0 fully saturated rings. The molecule has 0 aliphatic heterocycles. The zero-order chi connectivity index (χ0) is 16.7. The first-order valence-corrected chi connectivity index (χ1v) is 7.07. The summed E-state index contributed by atoms with van der Waals surface area (Å²) in [5.41, 5.74) is 0.512. The number of benzene rings is 2. The Bertz CT molecular complexity index is 704. The van der Waals surface area contributed by atoms with Crippen molar-refractivity contribution < 1.29 is 18.7 Å². The molecule has 0 spiro atoms. The van der Waals surface area contributed by atoms with Gasteiger partial charge >= 0.3 is 0 Å². The van der Waals surface area contributed by atoms with Crippen LogP contribution in [0.15, 0.2) is 48.5 Å². The molecule has 23 heavy (non-hydrogen) atoms. The van der Waals surface area contributed by atoms with Crippen LogP contribution in [-0.2, 0) is 4.79 Å². The van der Waals surface area contributed by atoms with Gasteiger partial charge in [0.15, 0.2) is 0 Å². The van der Waals surface area contributed by atoms with Crippen molar-refractivity contribution in [3.8, 4) is 5.75 Å². The SMILES string of the molecule is COc1ccccc1C(=O)NCCC(=O)Nc1ccccc1F. The van der Waals surface area contributed by atoms with E-state index in [1.54, 1.807) is 36.4 Å². The normalized spacial score (nSPS) is 10.0. The van der Waals surface area contributed by atoms with E-state index in [0.717, 1.165) is 0 Å². The highest BCUT2D eigenvalue weighted by atomic mass is 19.1. The van der Waals surface area contributed by atoms with Crippen molar-refractivity contribution in [2.45, 2.75) is 6.42 Å². The maximum Gasteiger partial charge on any atom is 0.255 e. The number of nitrogens with one attached hydrogen (secondary N) is 2. The van der Waals surface area contributed by atoms with E-state index in [0.29, 0.717) is 11.3 Å². The van der Waals surface area contributed by atoms with Gasteiger partial charge in [0.05, 0.1) is 18.4 Å². The van der Waals surface area contributed by atoms with Crippen molar-refractivity contribution in [1.29, 1.82) is 0 Å². The van der Waals surface area contributed by atoms with E-state index in [4.69, 9.17) is 4.74 Å². The maximum absolute atomic E-state index is 13.4. The molecule has 2 amide bonds. The van der Waals surface area contributed by atoms with Crippen LogP contribution < -0.4 is 15.4 Å². The Morgan fingerprint density at radius 3 is 2.52 bits per heavy atom. The van der Waals surface area contributed by atoms with Gasteiger partial charge in [-0.25, -0.2) is 4.39 Å². The zero-order valence-corrected chi connectivity index (χ0v) is 12.6. The molecule has 120 valence electrons. The topological polar surface area (TPSA) is 67.4 Å². The second-order valence-electron chi connectivity index (χ2n) is 4.73. The fourth-order valence-corrected chi connectivity index (χ4v) is 1.99. The van der Waals surface area contributed by atoms with Gasteiger partial charge in [0.25, 0.3) is 5.91 Å². The first kappa shape index (κ1) is 16.5. The predicted molar refractivity (Wildman–Crippen MR) is 85.0 cm³/mol. The number of amides is 2. The standard InChI is InChI=1S/C17H17FN2O3/c1-23-15-9-5-2-6-12(15)17(22)19-11-10-16(21)20-14-8-4-3-7-13(14)18/h2-9H,10-11H2,1H3,(H,19,22)(H,20,21). The number of methoxy groups -OCH3 is 1. The van der Waals surface area contributed by atoms with Crippen molar-refractivity contribution in [2.24, 2.45) is 0 Å². The molecule has 2 rings (SSSR count). The number of hydrogen-bond donors (Lipinski definition) is 2. The van der Waals surface area contributed by atoms with Crippen LogP contribution in [-0.4, -0.2) is 25.5 Å². The summed E-state index contributed by atoms with van der Waals surface area (Å²) in [6.07, 6.45) is 0.0369. The predicted octanol–water partition coefficient (Wildman–Crippen LogP) is 2.59. The molecule has 0 radical (unpaired) electrons. The van der Waals surface area contributed by atoms with Crippen LogP contribution in [0.1, 0.15) is 16.8 Å². The zero-order valence-electron chi connectivity index (χ0n) is 12.6. The van der Waals surface area contributed by atoms with Gasteiger partial charge in [-0.05, 0) is 24.3 Å². The van der Waals surface area contributed by atoms with Crippen molar-refractivity contribution >= 4 is 17.5 Å². The third-order valence-corrected chi connectivity index (χ3v) is 3.14. The molecule has 0 bridgehead atoms. The number of anilines is 1. The smallest absolute Gasteiger partial charge is 0.255 e. The molecule has 0 aromatic heterocycles. The first-order valence-electron chi connectivity index (χ1n) is 7.07. The molecule has 2 N–H and O–H groups in total. The molecule has 0 heterocycles. The molecular weight excluding hydrogens is 299 g/mol. The van der Waals surface area contributed by atoms with Gasteiger partial charge in [-0.3, -0.25) is 9.59 Å². The second-order valence-corrected chi connectivity index (χ2v) is 4.73. The van der Waals surface area contributed by atoms with Gasteiger partial charge < -0.3 is 15.4 Å². The summed E-state index contributed by atoms with van der Waals surface area (Å²) in [5.74, 6) is -0.753. The molecule has 5 nitrogen and oxygen atoms in total. The Hall–Kier alpha value is -2.89. The minimum atomic E-state index is -0.501. The maximum atomic E-state index is 13.4. The molecule has 2 aromatic rings. The van der Waals surface area contributed by atoms with E-state index in [2.05, 4.69) is 10.6 Å². The highest BCUT2D eigenvalue weighted by molar-refractivity contribution is 5.97. The Balaban J connectivity index is 1.84. The number of hydrogen-bond acceptors (Lipinski definition) is 3. The van der Waals surface area contributed by atoms with Gasteiger partial charge in [-0.1, -0.05) is 24.3 Å².